The van der Waals surface area contributed by atoms with Crippen LogP contribution in [-0.2, 0) is 14.8 Å². The van der Waals surface area contributed by atoms with Gasteiger partial charge in [-0.1, -0.05) is 48.9 Å². The molecule has 178 valence electrons. The van der Waals surface area contributed by atoms with E-state index in [0.29, 0.717) is 16.3 Å². The van der Waals surface area contributed by atoms with E-state index in [-0.39, 0.29) is 22.5 Å². The van der Waals surface area contributed by atoms with Crippen LogP contribution < -0.4 is 14.9 Å². The summed E-state index contributed by atoms with van der Waals surface area (Å²) in [5.41, 5.74) is 0.868. The number of amides is 2. The van der Waals surface area contributed by atoms with Gasteiger partial charge in [0.1, 0.15) is 6.54 Å². The van der Waals surface area contributed by atoms with Crippen molar-refractivity contribution >= 4 is 44.8 Å². The van der Waals surface area contributed by atoms with E-state index in [1.165, 1.54) is 24.3 Å². The highest BCUT2D eigenvalue weighted by atomic mass is 35.5. The molecule has 0 aliphatic rings. The molecular formula is C25H26ClN3O4S. The number of benzene rings is 3. The molecule has 0 aromatic heterocycles. The molecule has 3 aromatic carbocycles. The van der Waals surface area contributed by atoms with Crippen LogP contribution in [0.1, 0.15) is 30.6 Å². The standard InChI is InChI=1S/C25H26ClN3O4S/c1-3-18(2)27-25(31)22-11-7-8-12-23(22)28-24(30)17-29(20-15-13-19(26)14-16-20)34(32,33)21-9-5-4-6-10-21/h4-16,18H,3,17H2,1-2H3,(H,27,31)(H,28,30)/t18-/m0/s1. The predicted octanol–water partition coefficient (Wildman–Crippen LogP) is 4.70. The van der Waals surface area contributed by atoms with E-state index >= 15 is 0 Å². The second-order valence-electron chi connectivity index (χ2n) is 7.68. The van der Waals surface area contributed by atoms with Gasteiger partial charge in [-0.2, -0.15) is 0 Å². The first kappa shape index (κ1) is 25.3. The van der Waals surface area contributed by atoms with Gasteiger partial charge in [-0.15, -0.1) is 0 Å². The zero-order valence-corrected chi connectivity index (χ0v) is 20.4. The second kappa shape index (κ2) is 11.2. The van der Waals surface area contributed by atoms with E-state index < -0.39 is 22.5 Å². The third-order valence-corrected chi connectivity index (χ3v) is 7.21. The topological polar surface area (TPSA) is 95.6 Å². The molecule has 0 aliphatic heterocycles. The van der Waals surface area contributed by atoms with Crippen molar-refractivity contribution in [2.24, 2.45) is 0 Å². The first-order valence-electron chi connectivity index (χ1n) is 10.8. The summed E-state index contributed by atoms with van der Waals surface area (Å²) >= 11 is 5.97. The predicted molar refractivity (Wildman–Crippen MR) is 135 cm³/mol. The van der Waals surface area contributed by atoms with Gasteiger partial charge < -0.3 is 10.6 Å². The van der Waals surface area contributed by atoms with Crippen molar-refractivity contribution in [2.45, 2.75) is 31.2 Å². The molecule has 0 bridgehead atoms. The van der Waals surface area contributed by atoms with Gasteiger partial charge in [0.2, 0.25) is 5.91 Å². The summed E-state index contributed by atoms with van der Waals surface area (Å²) in [4.78, 5) is 25.7. The largest absolute Gasteiger partial charge is 0.350 e. The summed E-state index contributed by atoms with van der Waals surface area (Å²) in [5.74, 6) is -0.921. The van der Waals surface area contributed by atoms with Gasteiger partial charge in [0.05, 0.1) is 21.8 Å². The van der Waals surface area contributed by atoms with Crippen LogP contribution in [0.25, 0.3) is 0 Å². The zero-order valence-electron chi connectivity index (χ0n) is 18.9. The van der Waals surface area contributed by atoms with E-state index in [1.807, 2.05) is 13.8 Å². The maximum absolute atomic E-state index is 13.4. The van der Waals surface area contributed by atoms with Crippen LogP contribution in [0.5, 0.6) is 0 Å². The molecule has 3 aromatic rings. The fraction of sp³-hybridized carbons (Fsp3) is 0.200. The van der Waals surface area contributed by atoms with Gasteiger partial charge in [0, 0.05) is 11.1 Å². The Morgan fingerprint density at radius 2 is 1.56 bits per heavy atom. The number of hydrogen-bond donors (Lipinski definition) is 2. The van der Waals surface area contributed by atoms with Crippen molar-refractivity contribution in [1.82, 2.24) is 5.32 Å². The van der Waals surface area contributed by atoms with Crippen molar-refractivity contribution in [3.05, 3.63) is 89.4 Å². The van der Waals surface area contributed by atoms with E-state index in [0.717, 1.165) is 10.7 Å². The Morgan fingerprint density at radius 1 is 0.941 bits per heavy atom. The first-order valence-corrected chi connectivity index (χ1v) is 12.6. The fourth-order valence-corrected chi connectivity index (χ4v) is 4.72. The quantitative estimate of drug-likeness (QED) is 0.446. The summed E-state index contributed by atoms with van der Waals surface area (Å²) in [5, 5.41) is 5.99. The van der Waals surface area contributed by atoms with Crippen molar-refractivity contribution in [1.29, 1.82) is 0 Å². The van der Waals surface area contributed by atoms with Crippen LogP contribution in [0.3, 0.4) is 0 Å². The summed E-state index contributed by atoms with van der Waals surface area (Å²) < 4.78 is 27.8. The number of hydrogen-bond acceptors (Lipinski definition) is 4. The number of carbonyl (C=O) groups excluding carboxylic acids is 2. The molecule has 0 radical (unpaired) electrons. The van der Waals surface area contributed by atoms with Gasteiger partial charge in [0.15, 0.2) is 0 Å². The average molecular weight is 500 g/mol. The van der Waals surface area contributed by atoms with Gasteiger partial charge in [-0.3, -0.25) is 13.9 Å². The minimum Gasteiger partial charge on any atom is -0.350 e. The summed E-state index contributed by atoms with van der Waals surface area (Å²) in [6.45, 7) is 3.34. The zero-order chi connectivity index (χ0) is 24.7. The highest BCUT2D eigenvalue weighted by Gasteiger charge is 2.27. The molecule has 9 heteroatoms. The Kier molecular flexibility index (Phi) is 8.31. The molecule has 0 saturated carbocycles. The number of carbonyl (C=O) groups is 2. The van der Waals surface area contributed by atoms with E-state index in [4.69, 9.17) is 11.6 Å². The third kappa shape index (κ3) is 6.15. The number of nitrogens with one attached hydrogen (secondary N) is 2. The van der Waals surface area contributed by atoms with Gasteiger partial charge in [-0.25, -0.2) is 8.42 Å². The monoisotopic (exact) mass is 499 g/mol. The SMILES string of the molecule is CC[C@H](C)NC(=O)c1ccccc1NC(=O)CN(c1ccc(Cl)cc1)S(=O)(=O)c1ccccc1. The van der Waals surface area contributed by atoms with Crippen molar-refractivity contribution in [3.63, 3.8) is 0 Å². The number of rotatable bonds is 9. The van der Waals surface area contributed by atoms with Gasteiger partial charge >= 0.3 is 0 Å². The molecule has 0 saturated heterocycles. The highest BCUT2D eigenvalue weighted by molar-refractivity contribution is 7.92. The smallest absolute Gasteiger partial charge is 0.264 e. The molecule has 3 rings (SSSR count). The molecule has 0 spiro atoms. The molecule has 0 unspecified atom stereocenters. The first-order chi connectivity index (χ1) is 16.2. The Morgan fingerprint density at radius 3 is 2.21 bits per heavy atom. The third-order valence-electron chi connectivity index (χ3n) is 5.17. The maximum atomic E-state index is 13.4. The molecule has 0 fully saturated rings. The van der Waals surface area contributed by atoms with E-state index in [1.54, 1.807) is 54.6 Å². The lowest BCUT2D eigenvalue weighted by atomic mass is 10.1. The maximum Gasteiger partial charge on any atom is 0.264 e. The van der Waals surface area contributed by atoms with Crippen molar-refractivity contribution < 1.29 is 18.0 Å². The Bertz CT molecular complexity index is 1250. The summed E-state index contributed by atoms with van der Waals surface area (Å²) in [7, 11) is -4.05. The number of halogens is 1. The van der Waals surface area contributed by atoms with Crippen molar-refractivity contribution in [3.8, 4) is 0 Å². The summed E-state index contributed by atoms with van der Waals surface area (Å²) in [6.07, 6.45) is 0.758. The summed E-state index contributed by atoms with van der Waals surface area (Å²) in [6, 6.07) is 20.6. The number of para-hydroxylation sites is 1. The van der Waals surface area contributed by atoms with Crippen LogP contribution in [0.2, 0.25) is 5.02 Å². The lowest BCUT2D eigenvalue weighted by Gasteiger charge is -2.24. The minimum atomic E-state index is -4.05. The Labute approximate surface area is 204 Å². The van der Waals surface area contributed by atoms with Crippen LogP contribution in [-0.4, -0.2) is 32.8 Å². The average Bonchev–Trinajstić information content (AvgIpc) is 2.84. The fourth-order valence-electron chi connectivity index (χ4n) is 3.16. The van der Waals surface area contributed by atoms with E-state index in [9.17, 15) is 18.0 Å². The molecule has 0 aliphatic carbocycles. The second-order valence-corrected chi connectivity index (χ2v) is 9.98. The molecule has 2 amide bonds. The number of anilines is 2. The van der Waals surface area contributed by atoms with Crippen LogP contribution >= 0.6 is 11.6 Å². The molecule has 0 heterocycles. The van der Waals surface area contributed by atoms with Crippen LogP contribution in [0.15, 0.2) is 83.8 Å². The van der Waals surface area contributed by atoms with E-state index in [2.05, 4.69) is 10.6 Å². The minimum absolute atomic E-state index is 0.0346. The highest BCUT2D eigenvalue weighted by Crippen LogP contribution is 2.25. The lowest BCUT2D eigenvalue weighted by molar-refractivity contribution is -0.114. The van der Waals surface area contributed by atoms with Crippen molar-refractivity contribution in [2.75, 3.05) is 16.2 Å². The lowest BCUT2D eigenvalue weighted by Crippen LogP contribution is -2.38. The Balaban J connectivity index is 1.89. The number of nitrogens with zero attached hydrogens (tertiary/aromatic N) is 1. The molecular weight excluding hydrogens is 474 g/mol. The van der Waals surface area contributed by atoms with Gasteiger partial charge in [0.25, 0.3) is 15.9 Å². The molecule has 2 N–H and O–H groups in total. The Hall–Kier alpha value is -3.36. The van der Waals surface area contributed by atoms with Gasteiger partial charge in [-0.05, 0) is 61.9 Å². The van der Waals surface area contributed by atoms with Crippen LogP contribution in [0.4, 0.5) is 11.4 Å². The number of sulfonamides is 1. The molecule has 7 nitrogen and oxygen atoms in total. The van der Waals surface area contributed by atoms with Crippen LogP contribution in [0, 0.1) is 0 Å². The normalized spacial score (nSPS) is 12.0. The molecule has 1 atom stereocenters. The molecule has 34 heavy (non-hydrogen) atoms.